The van der Waals surface area contributed by atoms with Crippen LogP contribution in [0.25, 0.3) is 0 Å². The van der Waals surface area contributed by atoms with Crippen LogP contribution < -0.4 is 11.1 Å². The van der Waals surface area contributed by atoms with Crippen LogP contribution in [0.3, 0.4) is 0 Å². The first-order valence-electron chi connectivity index (χ1n) is 6.07. The summed E-state index contributed by atoms with van der Waals surface area (Å²) in [5.41, 5.74) is 9.10. The van der Waals surface area contributed by atoms with Crippen molar-refractivity contribution in [3.63, 3.8) is 0 Å². The lowest BCUT2D eigenvalue weighted by Gasteiger charge is -2.27. The summed E-state index contributed by atoms with van der Waals surface area (Å²) in [6.07, 6.45) is 0.951. The number of thiocarbonyl (C=S) groups is 1. The molecule has 1 aliphatic heterocycles. The molecule has 102 valence electrons. The SMILES string of the molecule is CCN(C)CCC1=C(NC=S)C(C(N)=O)CSC1. The molecule has 0 radical (unpaired) electrons. The molecule has 1 unspecified atom stereocenters. The van der Waals surface area contributed by atoms with Gasteiger partial charge in [0.05, 0.1) is 11.4 Å². The van der Waals surface area contributed by atoms with Crippen LogP contribution in [0, 0.1) is 5.92 Å². The van der Waals surface area contributed by atoms with Crippen molar-refractivity contribution in [1.29, 1.82) is 0 Å². The van der Waals surface area contributed by atoms with Gasteiger partial charge >= 0.3 is 0 Å². The Balaban J connectivity index is 2.81. The molecule has 4 nitrogen and oxygen atoms in total. The Morgan fingerprint density at radius 1 is 1.72 bits per heavy atom. The molecule has 1 rings (SSSR count). The van der Waals surface area contributed by atoms with Gasteiger partial charge in [-0.05, 0) is 25.6 Å². The lowest BCUT2D eigenvalue weighted by Crippen LogP contribution is -2.36. The molecular weight excluding hydrogens is 266 g/mol. The van der Waals surface area contributed by atoms with Gasteiger partial charge in [0.2, 0.25) is 5.91 Å². The number of nitrogens with zero attached hydrogens (tertiary/aromatic N) is 1. The quantitative estimate of drug-likeness (QED) is 0.684. The lowest BCUT2D eigenvalue weighted by molar-refractivity contribution is -0.120. The van der Waals surface area contributed by atoms with Crippen LogP contribution in [0.4, 0.5) is 0 Å². The van der Waals surface area contributed by atoms with Crippen molar-refractivity contribution in [1.82, 2.24) is 10.2 Å². The fraction of sp³-hybridized carbons (Fsp3) is 0.667. The second kappa shape index (κ2) is 7.76. The minimum Gasteiger partial charge on any atom is -0.369 e. The summed E-state index contributed by atoms with van der Waals surface area (Å²) >= 11 is 6.61. The number of thioether (sulfide) groups is 1. The van der Waals surface area contributed by atoms with Crippen LogP contribution in [0.1, 0.15) is 13.3 Å². The van der Waals surface area contributed by atoms with Crippen LogP contribution in [0.15, 0.2) is 11.3 Å². The van der Waals surface area contributed by atoms with E-state index in [0.29, 0.717) is 0 Å². The van der Waals surface area contributed by atoms with E-state index < -0.39 is 0 Å². The van der Waals surface area contributed by atoms with Gasteiger partial charge in [0.15, 0.2) is 0 Å². The summed E-state index contributed by atoms with van der Waals surface area (Å²) < 4.78 is 0. The van der Waals surface area contributed by atoms with Crippen molar-refractivity contribution in [2.45, 2.75) is 13.3 Å². The largest absolute Gasteiger partial charge is 0.369 e. The minimum absolute atomic E-state index is 0.232. The van der Waals surface area contributed by atoms with E-state index in [4.69, 9.17) is 18.0 Å². The highest BCUT2D eigenvalue weighted by atomic mass is 32.2. The van der Waals surface area contributed by atoms with Crippen molar-refractivity contribution < 1.29 is 4.79 Å². The van der Waals surface area contributed by atoms with E-state index in [1.807, 2.05) is 0 Å². The van der Waals surface area contributed by atoms with Crippen LogP contribution in [-0.2, 0) is 4.79 Å². The zero-order chi connectivity index (χ0) is 13.5. The second-order valence-electron chi connectivity index (χ2n) is 4.40. The van der Waals surface area contributed by atoms with Gasteiger partial charge in [0.25, 0.3) is 0 Å². The molecule has 1 atom stereocenters. The molecule has 0 aromatic carbocycles. The summed E-state index contributed by atoms with van der Waals surface area (Å²) in [7, 11) is 2.09. The van der Waals surface area contributed by atoms with Gasteiger partial charge in [0, 0.05) is 23.7 Å². The van der Waals surface area contributed by atoms with Crippen molar-refractivity contribution in [3.8, 4) is 0 Å². The van der Waals surface area contributed by atoms with Crippen LogP contribution in [0.2, 0.25) is 0 Å². The van der Waals surface area contributed by atoms with Crippen LogP contribution in [0.5, 0.6) is 0 Å². The van der Waals surface area contributed by atoms with E-state index in [1.165, 1.54) is 11.1 Å². The summed E-state index contributed by atoms with van der Waals surface area (Å²) in [5, 5.41) is 3.04. The molecule has 0 spiro atoms. The zero-order valence-corrected chi connectivity index (χ0v) is 12.6. The predicted octanol–water partition coefficient (Wildman–Crippen LogP) is 0.977. The van der Waals surface area contributed by atoms with Crippen molar-refractivity contribution in [2.75, 3.05) is 31.6 Å². The zero-order valence-electron chi connectivity index (χ0n) is 10.9. The van der Waals surface area contributed by atoms with Gasteiger partial charge in [-0.3, -0.25) is 4.79 Å². The van der Waals surface area contributed by atoms with Crippen molar-refractivity contribution >= 4 is 35.4 Å². The Morgan fingerprint density at radius 2 is 2.44 bits per heavy atom. The van der Waals surface area contributed by atoms with E-state index >= 15 is 0 Å². The molecule has 3 N–H and O–H groups in total. The molecule has 0 saturated heterocycles. The number of carbonyl (C=O) groups excluding carboxylic acids is 1. The molecule has 1 aliphatic rings. The number of primary amides is 1. The Labute approximate surface area is 118 Å². The third-order valence-electron chi connectivity index (χ3n) is 3.18. The number of carbonyl (C=O) groups is 1. The average Bonchev–Trinajstić information content (AvgIpc) is 2.36. The number of hydrogen-bond donors (Lipinski definition) is 2. The monoisotopic (exact) mass is 287 g/mol. The molecule has 0 aromatic rings. The second-order valence-corrected chi connectivity index (χ2v) is 5.66. The Morgan fingerprint density at radius 3 is 3.00 bits per heavy atom. The van der Waals surface area contributed by atoms with Gasteiger partial charge in [-0.2, -0.15) is 11.8 Å². The maximum Gasteiger partial charge on any atom is 0.227 e. The minimum atomic E-state index is -0.275. The molecular formula is C12H21N3OS2. The smallest absolute Gasteiger partial charge is 0.227 e. The maximum absolute atomic E-state index is 11.5. The van der Waals surface area contributed by atoms with Gasteiger partial charge in [-0.15, -0.1) is 0 Å². The van der Waals surface area contributed by atoms with E-state index in [2.05, 4.69) is 24.2 Å². The number of rotatable bonds is 7. The predicted molar refractivity (Wildman–Crippen MR) is 81.6 cm³/mol. The average molecular weight is 287 g/mol. The Bertz CT molecular complexity index is 344. The number of nitrogens with one attached hydrogen (secondary N) is 1. The first-order chi connectivity index (χ1) is 8.60. The Hall–Kier alpha value is -0.590. The molecule has 1 amide bonds. The summed E-state index contributed by atoms with van der Waals surface area (Å²) in [4.78, 5) is 13.7. The highest BCUT2D eigenvalue weighted by molar-refractivity contribution is 7.99. The summed E-state index contributed by atoms with van der Waals surface area (Å²) in [6, 6.07) is 0. The molecule has 1 heterocycles. The summed E-state index contributed by atoms with van der Waals surface area (Å²) in [6.45, 7) is 4.14. The highest BCUT2D eigenvalue weighted by Gasteiger charge is 2.27. The highest BCUT2D eigenvalue weighted by Crippen LogP contribution is 2.28. The molecule has 18 heavy (non-hydrogen) atoms. The molecule has 0 aliphatic carbocycles. The van der Waals surface area contributed by atoms with Crippen LogP contribution >= 0.6 is 24.0 Å². The van der Waals surface area contributed by atoms with Gasteiger partial charge in [-0.25, -0.2) is 0 Å². The molecule has 0 aromatic heterocycles. The molecule has 0 fully saturated rings. The third kappa shape index (κ3) is 4.26. The normalized spacial score (nSPS) is 20.1. The maximum atomic E-state index is 11.5. The van der Waals surface area contributed by atoms with Gasteiger partial charge in [0.1, 0.15) is 0 Å². The molecule has 0 bridgehead atoms. The van der Waals surface area contributed by atoms with E-state index in [9.17, 15) is 4.79 Å². The number of amides is 1. The fourth-order valence-corrected chi connectivity index (χ4v) is 3.25. The van der Waals surface area contributed by atoms with Crippen LogP contribution in [-0.4, -0.2) is 47.9 Å². The third-order valence-corrected chi connectivity index (χ3v) is 4.42. The van der Waals surface area contributed by atoms with E-state index in [0.717, 1.165) is 36.7 Å². The first kappa shape index (κ1) is 15.5. The van der Waals surface area contributed by atoms with Crippen molar-refractivity contribution in [2.24, 2.45) is 11.7 Å². The summed E-state index contributed by atoms with van der Waals surface area (Å²) in [5.74, 6) is 1.19. The number of hydrogen-bond acceptors (Lipinski definition) is 4. The molecule has 6 heteroatoms. The van der Waals surface area contributed by atoms with Gasteiger partial charge in [-0.1, -0.05) is 19.1 Å². The van der Waals surface area contributed by atoms with Crippen molar-refractivity contribution in [3.05, 3.63) is 11.3 Å². The van der Waals surface area contributed by atoms with E-state index in [1.54, 1.807) is 11.8 Å². The number of nitrogens with two attached hydrogens (primary N) is 1. The molecule has 0 saturated carbocycles. The van der Waals surface area contributed by atoms with Gasteiger partial charge < -0.3 is 16.0 Å². The Kier molecular flexibility index (Phi) is 6.67. The lowest BCUT2D eigenvalue weighted by atomic mass is 9.99. The fourth-order valence-electron chi connectivity index (χ4n) is 1.89. The first-order valence-corrected chi connectivity index (χ1v) is 7.70. The van der Waals surface area contributed by atoms with E-state index in [-0.39, 0.29) is 11.8 Å². The standard InChI is InChI=1S/C12H21N3OS2/c1-3-15(2)5-4-9-6-18-7-10(12(13)16)11(9)14-8-17/h8,10H,3-7H2,1-2H3,(H2,13,16)(H,14,17). The topological polar surface area (TPSA) is 58.4 Å².